The van der Waals surface area contributed by atoms with Gasteiger partial charge in [-0.3, -0.25) is 4.90 Å². The molecule has 0 unspecified atom stereocenters. The second-order valence-corrected chi connectivity index (χ2v) is 6.52. The Labute approximate surface area is 146 Å². The first-order chi connectivity index (χ1) is 8.75. The van der Waals surface area contributed by atoms with Gasteiger partial charge in [-0.15, -0.1) is 24.8 Å². The van der Waals surface area contributed by atoms with Gasteiger partial charge in [0.2, 0.25) is 0 Å². The number of halogens is 4. The molecule has 1 aromatic rings. The van der Waals surface area contributed by atoms with Crippen LogP contribution in [0.15, 0.2) is 22.7 Å². The molecule has 1 aromatic carbocycles. The Hall–Kier alpha value is 0.490. The molecule has 0 aromatic heterocycles. The van der Waals surface area contributed by atoms with Crippen LogP contribution in [-0.2, 0) is 0 Å². The van der Waals surface area contributed by atoms with Gasteiger partial charge in [0.05, 0.1) is 0 Å². The molecule has 6 heteroatoms. The molecule has 1 saturated carbocycles. The summed E-state index contributed by atoms with van der Waals surface area (Å²) >= 11 is 9.73. The highest BCUT2D eigenvalue weighted by Crippen LogP contribution is 2.46. The van der Waals surface area contributed by atoms with Crippen molar-refractivity contribution in [2.75, 3.05) is 26.2 Å². The number of nitrogens with zero attached hydrogens (tertiary/aromatic N) is 1. The smallest absolute Gasteiger partial charge is 0.0417 e. The molecule has 20 heavy (non-hydrogen) atoms. The van der Waals surface area contributed by atoms with Crippen LogP contribution in [0.1, 0.15) is 24.4 Å². The Kier molecular flexibility index (Phi) is 7.61. The van der Waals surface area contributed by atoms with Crippen LogP contribution in [0.25, 0.3) is 0 Å². The van der Waals surface area contributed by atoms with Gasteiger partial charge >= 0.3 is 0 Å². The number of hydrogen-bond acceptors (Lipinski definition) is 2. The lowest BCUT2D eigenvalue weighted by molar-refractivity contribution is 0.155. The normalized spacial score (nSPS) is 20.7. The predicted octanol–water partition coefficient (Wildman–Crippen LogP) is 4.30. The Balaban J connectivity index is 0.000001000. The summed E-state index contributed by atoms with van der Waals surface area (Å²) in [5, 5.41) is 4.24. The van der Waals surface area contributed by atoms with Crippen LogP contribution in [0.4, 0.5) is 0 Å². The van der Waals surface area contributed by atoms with Crippen molar-refractivity contribution in [3.05, 3.63) is 33.3 Å². The number of piperazine rings is 1. The van der Waals surface area contributed by atoms with Crippen molar-refractivity contribution < 1.29 is 0 Å². The van der Waals surface area contributed by atoms with E-state index in [9.17, 15) is 0 Å². The monoisotopic (exact) mass is 400 g/mol. The minimum atomic E-state index is 0. The first-order valence-corrected chi connectivity index (χ1v) is 7.82. The van der Waals surface area contributed by atoms with Gasteiger partial charge in [0.1, 0.15) is 0 Å². The molecule has 3 rings (SSSR count). The summed E-state index contributed by atoms with van der Waals surface area (Å²) in [5.74, 6) is 0.834. The van der Waals surface area contributed by atoms with Crippen molar-refractivity contribution in [2.24, 2.45) is 5.92 Å². The van der Waals surface area contributed by atoms with Crippen LogP contribution in [0.5, 0.6) is 0 Å². The molecule has 1 aliphatic carbocycles. The maximum absolute atomic E-state index is 6.05. The van der Waals surface area contributed by atoms with E-state index < -0.39 is 0 Å². The molecule has 1 atom stereocenters. The summed E-state index contributed by atoms with van der Waals surface area (Å²) in [6, 6.07) is 6.80. The summed E-state index contributed by atoms with van der Waals surface area (Å²) in [7, 11) is 0. The number of benzene rings is 1. The lowest BCUT2D eigenvalue weighted by atomic mass is 10.00. The van der Waals surface area contributed by atoms with Crippen molar-refractivity contribution in [3.8, 4) is 0 Å². The molecule has 0 bridgehead atoms. The van der Waals surface area contributed by atoms with E-state index in [4.69, 9.17) is 11.6 Å². The Morgan fingerprint density at radius 3 is 2.40 bits per heavy atom. The van der Waals surface area contributed by atoms with E-state index in [0.29, 0.717) is 6.04 Å². The maximum atomic E-state index is 6.05. The van der Waals surface area contributed by atoms with E-state index in [-0.39, 0.29) is 24.8 Å². The largest absolute Gasteiger partial charge is 0.314 e. The molecule has 1 N–H and O–H groups in total. The average Bonchev–Trinajstić information content (AvgIpc) is 3.18. The molecule has 0 spiro atoms. The third kappa shape index (κ3) is 4.25. The number of nitrogens with one attached hydrogen (secondary N) is 1. The maximum Gasteiger partial charge on any atom is 0.0417 e. The Morgan fingerprint density at radius 1 is 1.20 bits per heavy atom. The standard InChI is InChI=1S/C14H18BrClN2.2ClH/c15-13-9-11(16)3-4-12(13)14(10-1-2-10)18-7-5-17-6-8-18;;/h3-4,9-10,14,17H,1-2,5-8H2;2*1H/t14-;;/m0../s1. The zero-order valence-corrected chi connectivity index (χ0v) is 15.1. The summed E-state index contributed by atoms with van der Waals surface area (Å²) in [4.78, 5) is 2.63. The van der Waals surface area contributed by atoms with Crippen LogP contribution in [0.3, 0.4) is 0 Å². The van der Waals surface area contributed by atoms with Crippen LogP contribution >= 0.6 is 52.3 Å². The Bertz CT molecular complexity index is 434. The SMILES string of the molecule is Cl.Cl.Clc1ccc([C@H](C2CC2)N2CCNCC2)c(Br)c1. The summed E-state index contributed by atoms with van der Waals surface area (Å²) in [6.45, 7) is 4.51. The summed E-state index contributed by atoms with van der Waals surface area (Å²) in [6.07, 6.45) is 2.73. The molecule has 2 nitrogen and oxygen atoms in total. The third-order valence-electron chi connectivity index (χ3n) is 3.89. The molecule has 1 aliphatic heterocycles. The molecule has 114 valence electrons. The first kappa shape index (κ1) is 18.5. The zero-order valence-electron chi connectivity index (χ0n) is 11.1. The van der Waals surface area contributed by atoms with Crippen molar-refractivity contribution in [2.45, 2.75) is 18.9 Å². The predicted molar refractivity (Wildman–Crippen MR) is 93.6 cm³/mol. The molecule has 2 fully saturated rings. The highest BCUT2D eigenvalue weighted by atomic mass is 79.9. The van der Waals surface area contributed by atoms with Gasteiger partial charge in [0.15, 0.2) is 0 Å². The minimum absolute atomic E-state index is 0. The third-order valence-corrected chi connectivity index (χ3v) is 4.82. The van der Waals surface area contributed by atoms with Crippen molar-refractivity contribution >= 4 is 52.3 Å². The quantitative estimate of drug-likeness (QED) is 0.811. The highest BCUT2D eigenvalue weighted by Gasteiger charge is 2.37. The molecule has 2 aliphatic rings. The molecule has 0 radical (unpaired) electrons. The van der Waals surface area contributed by atoms with Gasteiger partial charge in [-0.2, -0.15) is 0 Å². The summed E-state index contributed by atoms with van der Waals surface area (Å²) in [5.41, 5.74) is 1.41. The lowest BCUT2D eigenvalue weighted by Crippen LogP contribution is -2.45. The fourth-order valence-corrected chi connectivity index (χ4v) is 3.78. The van der Waals surface area contributed by atoms with E-state index >= 15 is 0 Å². The lowest BCUT2D eigenvalue weighted by Gasteiger charge is -2.36. The summed E-state index contributed by atoms with van der Waals surface area (Å²) < 4.78 is 1.16. The first-order valence-electron chi connectivity index (χ1n) is 6.65. The van der Waals surface area contributed by atoms with Gasteiger partial charge < -0.3 is 5.32 Å². The van der Waals surface area contributed by atoms with E-state index in [1.165, 1.54) is 18.4 Å². The second kappa shape index (κ2) is 8.21. The van der Waals surface area contributed by atoms with Crippen molar-refractivity contribution in [3.63, 3.8) is 0 Å². The van der Waals surface area contributed by atoms with Gasteiger partial charge in [0, 0.05) is 41.7 Å². The van der Waals surface area contributed by atoms with Gasteiger partial charge in [0.25, 0.3) is 0 Å². The molecular formula is C14H20BrCl3N2. The molecule has 0 amide bonds. The topological polar surface area (TPSA) is 15.3 Å². The van der Waals surface area contributed by atoms with Gasteiger partial charge in [-0.05, 0) is 36.5 Å². The molecule has 1 saturated heterocycles. The highest BCUT2D eigenvalue weighted by molar-refractivity contribution is 9.10. The number of rotatable bonds is 3. The minimum Gasteiger partial charge on any atom is -0.314 e. The van der Waals surface area contributed by atoms with Gasteiger partial charge in [-0.1, -0.05) is 33.6 Å². The van der Waals surface area contributed by atoms with E-state index in [1.54, 1.807) is 0 Å². The average molecular weight is 403 g/mol. The second-order valence-electron chi connectivity index (χ2n) is 5.23. The van der Waals surface area contributed by atoms with Crippen LogP contribution in [-0.4, -0.2) is 31.1 Å². The van der Waals surface area contributed by atoms with E-state index in [1.807, 2.05) is 12.1 Å². The van der Waals surface area contributed by atoms with Crippen LogP contribution in [0.2, 0.25) is 5.02 Å². The molecule has 1 heterocycles. The zero-order chi connectivity index (χ0) is 12.5. The fourth-order valence-electron chi connectivity index (χ4n) is 2.86. The Morgan fingerprint density at radius 2 is 1.85 bits per heavy atom. The van der Waals surface area contributed by atoms with Crippen LogP contribution in [0, 0.1) is 5.92 Å². The molecular weight excluding hydrogens is 382 g/mol. The fraction of sp³-hybridized carbons (Fsp3) is 0.571. The number of hydrogen-bond donors (Lipinski definition) is 1. The van der Waals surface area contributed by atoms with Crippen LogP contribution < -0.4 is 5.32 Å². The van der Waals surface area contributed by atoms with E-state index in [2.05, 4.69) is 32.2 Å². The van der Waals surface area contributed by atoms with E-state index in [0.717, 1.165) is 41.6 Å². The van der Waals surface area contributed by atoms with Crippen molar-refractivity contribution in [1.29, 1.82) is 0 Å². The van der Waals surface area contributed by atoms with Gasteiger partial charge in [-0.25, -0.2) is 0 Å². The van der Waals surface area contributed by atoms with Crippen molar-refractivity contribution in [1.82, 2.24) is 10.2 Å².